The molecule has 0 aliphatic rings. The summed E-state index contributed by atoms with van der Waals surface area (Å²) in [6.45, 7) is 0.156. The Hall–Kier alpha value is -2.61. The molecular formula is C13H12N4O. The molecule has 1 aromatic heterocycles. The van der Waals surface area contributed by atoms with Crippen LogP contribution in [0.2, 0.25) is 0 Å². The first-order valence-corrected chi connectivity index (χ1v) is 5.45. The fourth-order valence-electron chi connectivity index (χ4n) is 1.63. The number of nitriles is 1. The standard InChI is InChI=1S/C13H12N4O/c1-16(12-6-3-2-5-11(12)9-14)13(18)10-17-8-4-7-15-17/h2-8H,10H2,1H3. The number of aromatic nitrogens is 2. The Labute approximate surface area is 105 Å². The van der Waals surface area contributed by atoms with Crippen molar-refractivity contribution in [1.29, 1.82) is 5.26 Å². The predicted octanol–water partition coefficient (Wildman–Crippen LogP) is 1.42. The summed E-state index contributed by atoms with van der Waals surface area (Å²) in [6, 6.07) is 10.8. The van der Waals surface area contributed by atoms with Gasteiger partial charge in [-0.1, -0.05) is 12.1 Å². The van der Waals surface area contributed by atoms with Crippen LogP contribution in [0.4, 0.5) is 5.69 Å². The third-order valence-corrected chi connectivity index (χ3v) is 2.62. The lowest BCUT2D eigenvalue weighted by Crippen LogP contribution is -2.30. The minimum atomic E-state index is -0.124. The predicted molar refractivity (Wildman–Crippen MR) is 66.8 cm³/mol. The zero-order valence-corrected chi connectivity index (χ0v) is 9.95. The highest BCUT2D eigenvalue weighted by molar-refractivity contribution is 5.93. The first-order valence-electron chi connectivity index (χ1n) is 5.45. The quantitative estimate of drug-likeness (QED) is 0.815. The van der Waals surface area contributed by atoms with Crippen molar-refractivity contribution < 1.29 is 4.79 Å². The third-order valence-electron chi connectivity index (χ3n) is 2.62. The zero-order chi connectivity index (χ0) is 13.0. The molecule has 0 spiro atoms. The maximum absolute atomic E-state index is 12.0. The van der Waals surface area contributed by atoms with Gasteiger partial charge in [0.1, 0.15) is 12.6 Å². The number of rotatable bonds is 3. The molecule has 1 heterocycles. The van der Waals surface area contributed by atoms with Crippen molar-refractivity contribution in [3.8, 4) is 6.07 Å². The molecule has 0 bridgehead atoms. The Kier molecular flexibility index (Phi) is 3.39. The van der Waals surface area contributed by atoms with Gasteiger partial charge in [-0.15, -0.1) is 0 Å². The number of anilines is 1. The molecule has 2 aromatic rings. The number of likely N-dealkylation sites (N-methyl/N-ethyl adjacent to an activating group) is 1. The summed E-state index contributed by atoms with van der Waals surface area (Å²) in [4.78, 5) is 13.5. The summed E-state index contributed by atoms with van der Waals surface area (Å²) in [6.07, 6.45) is 3.35. The molecule has 0 aliphatic heterocycles. The van der Waals surface area contributed by atoms with E-state index in [2.05, 4.69) is 11.2 Å². The maximum Gasteiger partial charge on any atom is 0.248 e. The van der Waals surface area contributed by atoms with Crippen molar-refractivity contribution in [3.05, 3.63) is 48.3 Å². The van der Waals surface area contributed by atoms with Gasteiger partial charge < -0.3 is 4.90 Å². The van der Waals surface area contributed by atoms with Crippen LogP contribution >= 0.6 is 0 Å². The Morgan fingerprint density at radius 1 is 1.44 bits per heavy atom. The van der Waals surface area contributed by atoms with Crippen molar-refractivity contribution in [2.45, 2.75) is 6.54 Å². The lowest BCUT2D eigenvalue weighted by molar-refractivity contribution is -0.119. The van der Waals surface area contributed by atoms with Gasteiger partial charge >= 0.3 is 0 Å². The number of para-hydroxylation sites is 1. The van der Waals surface area contributed by atoms with Gasteiger partial charge in [0, 0.05) is 19.4 Å². The van der Waals surface area contributed by atoms with Crippen molar-refractivity contribution in [3.63, 3.8) is 0 Å². The number of benzene rings is 1. The molecule has 5 heteroatoms. The highest BCUT2D eigenvalue weighted by Gasteiger charge is 2.14. The second-order valence-corrected chi connectivity index (χ2v) is 3.79. The van der Waals surface area contributed by atoms with Crippen LogP contribution in [0.15, 0.2) is 42.7 Å². The van der Waals surface area contributed by atoms with Gasteiger partial charge in [0.05, 0.1) is 11.3 Å². The summed E-state index contributed by atoms with van der Waals surface area (Å²) in [5.74, 6) is -0.124. The molecule has 0 radical (unpaired) electrons. The van der Waals surface area contributed by atoms with Gasteiger partial charge in [0.25, 0.3) is 0 Å². The Morgan fingerprint density at radius 3 is 2.89 bits per heavy atom. The summed E-state index contributed by atoms with van der Waals surface area (Å²) in [7, 11) is 1.65. The summed E-state index contributed by atoms with van der Waals surface area (Å²) in [5.41, 5.74) is 1.09. The second-order valence-electron chi connectivity index (χ2n) is 3.79. The average Bonchev–Trinajstić information content (AvgIpc) is 2.90. The van der Waals surface area contributed by atoms with Crippen LogP contribution in [0.1, 0.15) is 5.56 Å². The van der Waals surface area contributed by atoms with Gasteiger partial charge in [0.2, 0.25) is 5.91 Å². The van der Waals surface area contributed by atoms with Crippen molar-refractivity contribution in [1.82, 2.24) is 9.78 Å². The number of carbonyl (C=O) groups is 1. The molecule has 1 aromatic carbocycles. The third kappa shape index (κ3) is 2.38. The minimum Gasteiger partial charge on any atom is -0.313 e. The van der Waals surface area contributed by atoms with E-state index in [1.54, 1.807) is 54.5 Å². The van der Waals surface area contributed by atoms with Crippen molar-refractivity contribution in [2.75, 3.05) is 11.9 Å². The number of hydrogen-bond donors (Lipinski definition) is 0. The number of hydrogen-bond acceptors (Lipinski definition) is 3. The van der Waals surface area contributed by atoms with Gasteiger partial charge in [0.15, 0.2) is 0 Å². The fourth-order valence-corrected chi connectivity index (χ4v) is 1.63. The molecule has 5 nitrogen and oxygen atoms in total. The van der Waals surface area contributed by atoms with E-state index in [0.717, 1.165) is 0 Å². The molecular weight excluding hydrogens is 228 g/mol. The molecule has 0 aliphatic carbocycles. The Bertz CT molecular complexity index is 583. The van der Waals surface area contributed by atoms with Gasteiger partial charge in [-0.05, 0) is 18.2 Å². The Balaban J connectivity index is 2.18. The molecule has 90 valence electrons. The van der Waals surface area contributed by atoms with E-state index in [1.165, 1.54) is 4.90 Å². The summed E-state index contributed by atoms with van der Waals surface area (Å²) >= 11 is 0. The lowest BCUT2D eigenvalue weighted by Gasteiger charge is -2.18. The van der Waals surface area contributed by atoms with Crippen molar-refractivity contribution in [2.24, 2.45) is 0 Å². The zero-order valence-electron chi connectivity index (χ0n) is 9.95. The average molecular weight is 240 g/mol. The number of nitrogens with zero attached hydrogens (tertiary/aromatic N) is 4. The van der Waals surface area contributed by atoms with Gasteiger partial charge in [-0.25, -0.2) is 0 Å². The fraction of sp³-hybridized carbons (Fsp3) is 0.154. The van der Waals surface area contributed by atoms with E-state index in [4.69, 9.17) is 5.26 Å². The monoisotopic (exact) mass is 240 g/mol. The largest absolute Gasteiger partial charge is 0.313 e. The van der Waals surface area contributed by atoms with E-state index < -0.39 is 0 Å². The van der Waals surface area contributed by atoms with Crippen LogP contribution in [0.25, 0.3) is 0 Å². The van der Waals surface area contributed by atoms with E-state index >= 15 is 0 Å². The molecule has 0 unspecified atom stereocenters. The van der Waals surface area contributed by atoms with E-state index in [1.807, 2.05) is 0 Å². The highest BCUT2D eigenvalue weighted by Crippen LogP contribution is 2.18. The smallest absolute Gasteiger partial charge is 0.248 e. The van der Waals surface area contributed by atoms with Gasteiger partial charge in [-0.3, -0.25) is 9.48 Å². The first-order chi connectivity index (χ1) is 8.72. The minimum absolute atomic E-state index is 0.124. The van der Waals surface area contributed by atoms with Crippen LogP contribution in [0, 0.1) is 11.3 Å². The molecule has 0 N–H and O–H groups in total. The topological polar surface area (TPSA) is 61.9 Å². The van der Waals surface area contributed by atoms with E-state index in [-0.39, 0.29) is 12.5 Å². The van der Waals surface area contributed by atoms with Crippen LogP contribution in [-0.2, 0) is 11.3 Å². The summed E-state index contributed by atoms with van der Waals surface area (Å²) in [5, 5.41) is 13.0. The number of carbonyl (C=O) groups excluding carboxylic acids is 1. The Morgan fingerprint density at radius 2 is 2.22 bits per heavy atom. The van der Waals surface area contributed by atoms with E-state index in [0.29, 0.717) is 11.3 Å². The molecule has 0 atom stereocenters. The van der Waals surface area contributed by atoms with Crippen LogP contribution < -0.4 is 4.90 Å². The normalized spacial score (nSPS) is 9.78. The number of amides is 1. The molecule has 18 heavy (non-hydrogen) atoms. The van der Waals surface area contributed by atoms with Crippen LogP contribution in [0.3, 0.4) is 0 Å². The van der Waals surface area contributed by atoms with E-state index in [9.17, 15) is 4.79 Å². The SMILES string of the molecule is CN(C(=O)Cn1cccn1)c1ccccc1C#N. The van der Waals surface area contributed by atoms with Crippen LogP contribution in [0.5, 0.6) is 0 Å². The lowest BCUT2D eigenvalue weighted by atomic mass is 10.2. The maximum atomic E-state index is 12.0. The first kappa shape index (κ1) is 11.9. The molecule has 0 fully saturated rings. The second kappa shape index (κ2) is 5.15. The molecule has 2 rings (SSSR count). The van der Waals surface area contributed by atoms with Gasteiger partial charge in [-0.2, -0.15) is 10.4 Å². The highest BCUT2D eigenvalue weighted by atomic mass is 16.2. The summed E-state index contributed by atoms with van der Waals surface area (Å²) < 4.78 is 1.55. The molecule has 1 amide bonds. The van der Waals surface area contributed by atoms with Crippen LogP contribution in [-0.4, -0.2) is 22.7 Å². The van der Waals surface area contributed by atoms with Crippen molar-refractivity contribution >= 4 is 11.6 Å². The molecule has 0 saturated heterocycles. The molecule has 0 saturated carbocycles.